The second-order valence-corrected chi connectivity index (χ2v) is 5.05. The Morgan fingerprint density at radius 1 is 1.58 bits per heavy atom. The van der Waals surface area contributed by atoms with Gasteiger partial charge in [0.15, 0.2) is 0 Å². The summed E-state index contributed by atoms with van der Waals surface area (Å²) < 4.78 is 1.18. The van der Waals surface area contributed by atoms with Crippen LogP contribution in [-0.4, -0.2) is 28.3 Å². The topological polar surface area (TPSA) is 76.0 Å². The van der Waals surface area contributed by atoms with Crippen LogP contribution >= 0.6 is 11.6 Å². The van der Waals surface area contributed by atoms with E-state index >= 15 is 0 Å². The second-order valence-electron chi connectivity index (χ2n) is 4.67. The second kappa shape index (κ2) is 6.06. The van der Waals surface area contributed by atoms with E-state index in [2.05, 4.69) is 15.7 Å². The van der Waals surface area contributed by atoms with Gasteiger partial charge in [-0.2, -0.15) is 5.10 Å². The lowest BCUT2D eigenvalue weighted by Crippen LogP contribution is -2.25. The first-order valence-electron chi connectivity index (χ1n) is 6.33. The third-order valence-corrected chi connectivity index (χ3v) is 3.28. The Labute approximate surface area is 116 Å². The molecule has 0 atom stereocenters. The van der Waals surface area contributed by atoms with Crippen LogP contribution in [0.25, 0.3) is 0 Å². The quantitative estimate of drug-likeness (QED) is 0.761. The maximum atomic E-state index is 11.5. The van der Waals surface area contributed by atoms with Gasteiger partial charge in [-0.25, -0.2) is 4.68 Å². The average Bonchev–Trinajstić information content (AvgIpc) is 3.18. The van der Waals surface area contributed by atoms with Crippen LogP contribution in [0.15, 0.2) is 11.0 Å². The summed E-state index contributed by atoms with van der Waals surface area (Å²) in [6.45, 7) is 0.576. The molecule has 1 aliphatic carbocycles. The minimum atomic E-state index is -0.335. The first-order chi connectivity index (χ1) is 9.08. The van der Waals surface area contributed by atoms with E-state index in [1.807, 2.05) is 0 Å². The largest absolute Gasteiger partial charge is 0.382 e. The van der Waals surface area contributed by atoms with Gasteiger partial charge in [0, 0.05) is 26.1 Å². The van der Waals surface area contributed by atoms with Crippen molar-refractivity contribution in [3.8, 4) is 0 Å². The number of hydrogen-bond acceptors (Lipinski definition) is 4. The zero-order chi connectivity index (χ0) is 13.8. The highest BCUT2D eigenvalue weighted by Gasteiger charge is 2.22. The molecule has 1 aromatic heterocycles. The summed E-state index contributed by atoms with van der Waals surface area (Å²) in [6, 6.07) is 0.399. The first-order valence-corrected chi connectivity index (χ1v) is 6.71. The SMILES string of the molecule is Cn1ncc(NCCCC(=O)NC2CC2)c(Cl)c1=O. The van der Waals surface area contributed by atoms with Crippen molar-refractivity contribution < 1.29 is 4.79 Å². The maximum absolute atomic E-state index is 11.5. The predicted molar refractivity (Wildman–Crippen MR) is 73.4 cm³/mol. The Morgan fingerprint density at radius 3 is 3.00 bits per heavy atom. The van der Waals surface area contributed by atoms with Crippen LogP contribution < -0.4 is 16.2 Å². The number of carbonyl (C=O) groups is 1. The van der Waals surface area contributed by atoms with Gasteiger partial charge in [0.25, 0.3) is 5.56 Å². The highest BCUT2D eigenvalue weighted by molar-refractivity contribution is 6.32. The number of halogens is 1. The van der Waals surface area contributed by atoms with Gasteiger partial charge in [-0.1, -0.05) is 11.6 Å². The lowest BCUT2D eigenvalue weighted by Gasteiger charge is -2.08. The Morgan fingerprint density at radius 2 is 2.32 bits per heavy atom. The number of carbonyl (C=O) groups excluding carboxylic acids is 1. The summed E-state index contributed by atoms with van der Waals surface area (Å²) in [7, 11) is 1.54. The van der Waals surface area contributed by atoms with Crippen LogP contribution in [0, 0.1) is 0 Å². The van der Waals surface area contributed by atoms with Crippen molar-refractivity contribution >= 4 is 23.2 Å². The van der Waals surface area contributed by atoms with E-state index in [4.69, 9.17) is 11.6 Å². The normalized spacial score (nSPS) is 14.2. The summed E-state index contributed by atoms with van der Waals surface area (Å²) in [4.78, 5) is 23.0. The summed E-state index contributed by atoms with van der Waals surface area (Å²) in [5.74, 6) is 0.0810. The molecule has 1 aliphatic rings. The van der Waals surface area contributed by atoms with Crippen molar-refractivity contribution in [3.05, 3.63) is 21.6 Å². The minimum Gasteiger partial charge on any atom is -0.382 e. The molecule has 0 aromatic carbocycles. The van der Waals surface area contributed by atoms with Gasteiger partial charge in [0.1, 0.15) is 5.02 Å². The number of aryl methyl sites for hydroxylation is 1. The van der Waals surface area contributed by atoms with Gasteiger partial charge >= 0.3 is 0 Å². The Bertz CT molecular complexity index is 525. The van der Waals surface area contributed by atoms with Gasteiger partial charge in [-0.05, 0) is 19.3 Å². The van der Waals surface area contributed by atoms with Crippen molar-refractivity contribution in [1.82, 2.24) is 15.1 Å². The monoisotopic (exact) mass is 284 g/mol. The number of nitrogens with zero attached hydrogens (tertiary/aromatic N) is 2. The van der Waals surface area contributed by atoms with E-state index in [1.54, 1.807) is 7.05 Å². The van der Waals surface area contributed by atoms with Crippen molar-refractivity contribution in [1.29, 1.82) is 0 Å². The number of amides is 1. The van der Waals surface area contributed by atoms with Gasteiger partial charge < -0.3 is 10.6 Å². The van der Waals surface area contributed by atoms with Crippen molar-refractivity contribution in [2.45, 2.75) is 31.7 Å². The Hall–Kier alpha value is -1.56. The van der Waals surface area contributed by atoms with Crippen LogP contribution in [0.3, 0.4) is 0 Å². The number of aromatic nitrogens is 2. The van der Waals surface area contributed by atoms with E-state index in [1.165, 1.54) is 10.9 Å². The van der Waals surface area contributed by atoms with Crippen LogP contribution in [0.5, 0.6) is 0 Å². The molecule has 0 radical (unpaired) electrons. The van der Waals surface area contributed by atoms with Crippen LogP contribution in [0.4, 0.5) is 5.69 Å². The average molecular weight is 285 g/mol. The van der Waals surface area contributed by atoms with Crippen LogP contribution in [0.2, 0.25) is 5.02 Å². The number of hydrogen-bond donors (Lipinski definition) is 2. The summed E-state index contributed by atoms with van der Waals surface area (Å²) in [5.41, 5.74) is 0.172. The van der Waals surface area contributed by atoms with E-state index in [-0.39, 0.29) is 16.5 Å². The van der Waals surface area contributed by atoms with Gasteiger partial charge in [-0.3, -0.25) is 9.59 Å². The molecule has 2 rings (SSSR count). The molecule has 1 aromatic rings. The zero-order valence-corrected chi connectivity index (χ0v) is 11.5. The third kappa shape index (κ3) is 3.96. The molecule has 1 fully saturated rings. The molecule has 1 amide bonds. The summed E-state index contributed by atoms with van der Waals surface area (Å²) >= 11 is 5.90. The summed E-state index contributed by atoms with van der Waals surface area (Å²) in [6.07, 6.45) is 4.86. The smallest absolute Gasteiger partial charge is 0.287 e. The number of rotatable bonds is 6. The van der Waals surface area contributed by atoms with Crippen molar-refractivity contribution in [3.63, 3.8) is 0 Å². The maximum Gasteiger partial charge on any atom is 0.287 e. The van der Waals surface area contributed by atoms with E-state index in [0.29, 0.717) is 31.1 Å². The zero-order valence-electron chi connectivity index (χ0n) is 10.8. The molecule has 0 spiro atoms. The summed E-state index contributed by atoms with van der Waals surface area (Å²) in [5, 5.41) is 9.94. The number of anilines is 1. The van der Waals surface area contributed by atoms with Crippen LogP contribution in [0.1, 0.15) is 25.7 Å². The van der Waals surface area contributed by atoms with E-state index in [0.717, 1.165) is 12.8 Å². The molecule has 0 saturated heterocycles. The van der Waals surface area contributed by atoms with Gasteiger partial charge in [-0.15, -0.1) is 0 Å². The molecule has 19 heavy (non-hydrogen) atoms. The third-order valence-electron chi connectivity index (χ3n) is 2.92. The molecule has 104 valence electrons. The molecule has 0 unspecified atom stereocenters. The fourth-order valence-electron chi connectivity index (χ4n) is 1.63. The molecule has 1 saturated carbocycles. The fraction of sp³-hybridized carbons (Fsp3) is 0.583. The minimum absolute atomic E-state index is 0.0810. The molecule has 0 aliphatic heterocycles. The number of nitrogens with one attached hydrogen (secondary N) is 2. The first kappa shape index (κ1) is 13.9. The molecule has 2 N–H and O–H groups in total. The lowest BCUT2D eigenvalue weighted by molar-refractivity contribution is -0.121. The van der Waals surface area contributed by atoms with E-state index < -0.39 is 0 Å². The van der Waals surface area contributed by atoms with Crippen molar-refractivity contribution in [2.75, 3.05) is 11.9 Å². The molecule has 6 nitrogen and oxygen atoms in total. The highest BCUT2D eigenvalue weighted by Crippen LogP contribution is 2.19. The van der Waals surface area contributed by atoms with Crippen LogP contribution in [-0.2, 0) is 11.8 Å². The fourth-order valence-corrected chi connectivity index (χ4v) is 1.87. The van der Waals surface area contributed by atoms with Gasteiger partial charge in [0.2, 0.25) is 5.91 Å². The molecular weight excluding hydrogens is 268 g/mol. The van der Waals surface area contributed by atoms with Gasteiger partial charge in [0.05, 0.1) is 11.9 Å². The molecule has 7 heteroatoms. The molecule has 0 bridgehead atoms. The Balaban J connectivity index is 1.74. The van der Waals surface area contributed by atoms with Crippen molar-refractivity contribution in [2.24, 2.45) is 7.05 Å². The molecule has 1 heterocycles. The predicted octanol–water partition coefficient (Wildman–Crippen LogP) is 0.904. The lowest BCUT2D eigenvalue weighted by atomic mass is 10.3. The van der Waals surface area contributed by atoms with E-state index in [9.17, 15) is 9.59 Å². The standard InChI is InChI=1S/C12H17ClN4O2/c1-17-12(19)11(13)9(7-15-17)14-6-2-3-10(18)16-8-4-5-8/h7-8,14H,2-6H2,1H3,(H,16,18). The molecular formula is C12H17ClN4O2. The Kier molecular flexibility index (Phi) is 4.42. The highest BCUT2D eigenvalue weighted by atomic mass is 35.5.